The van der Waals surface area contributed by atoms with Gasteiger partial charge in [0.05, 0.1) is 5.69 Å². The Labute approximate surface area is 149 Å². The first kappa shape index (κ1) is 16.4. The number of anilines is 2. The van der Waals surface area contributed by atoms with E-state index in [9.17, 15) is 18.8 Å². The topological polar surface area (TPSA) is 75.3 Å². The quantitative estimate of drug-likeness (QED) is 0.659. The van der Waals surface area contributed by atoms with Crippen molar-refractivity contribution in [3.63, 3.8) is 0 Å². The Morgan fingerprint density at radius 1 is 0.962 bits per heavy atom. The molecule has 2 aromatic carbocycles. The van der Waals surface area contributed by atoms with E-state index in [1.54, 1.807) is 12.1 Å². The van der Waals surface area contributed by atoms with Crippen molar-refractivity contribution < 1.29 is 18.8 Å². The highest BCUT2D eigenvalue weighted by Gasteiger charge is 2.22. The number of halogens is 1. The fourth-order valence-electron chi connectivity index (χ4n) is 3.52. The predicted molar refractivity (Wildman–Crippen MR) is 94.8 cm³/mol. The lowest BCUT2D eigenvalue weighted by Gasteiger charge is -2.18. The van der Waals surface area contributed by atoms with Gasteiger partial charge in [-0.15, -0.1) is 0 Å². The third-order valence-electron chi connectivity index (χ3n) is 4.90. The summed E-state index contributed by atoms with van der Waals surface area (Å²) < 4.78 is 14.2. The molecule has 0 saturated carbocycles. The molecule has 0 spiro atoms. The van der Waals surface area contributed by atoms with E-state index in [1.165, 1.54) is 17.7 Å². The SMILES string of the molecule is O=C1CCc2cc(NC(=O)C(=O)c3ccc4c(c3)CCC4)c(F)cc2N1. The zero-order valence-electron chi connectivity index (χ0n) is 14.0. The summed E-state index contributed by atoms with van der Waals surface area (Å²) in [4.78, 5) is 36.1. The van der Waals surface area contributed by atoms with Gasteiger partial charge in [-0.25, -0.2) is 4.39 Å². The molecule has 6 heteroatoms. The van der Waals surface area contributed by atoms with Gasteiger partial charge in [-0.2, -0.15) is 0 Å². The number of ketones is 1. The second kappa shape index (κ2) is 6.37. The molecule has 1 heterocycles. The molecular formula is C20H17FN2O3. The molecule has 2 aliphatic rings. The Kier molecular flexibility index (Phi) is 4.03. The molecule has 5 nitrogen and oxygen atoms in total. The highest BCUT2D eigenvalue weighted by Crippen LogP contribution is 2.29. The van der Waals surface area contributed by atoms with Crippen LogP contribution < -0.4 is 10.6 Å². The fraction of sp³-hybridized carbons (Fsp3) is 0.250. The minimum atomic E-state index is -0.873. The first-order valence-electron chi connectivity index (χ1n) is 8.61. The molecule has 0 saturated heterocycles. The monoisotopic (exact) mass is 352 g/mol. The number of aryl methyl sites for hydroxylation is 3. The molecule has 4 rings (SSSR count). The summed E-state index contributed by atoms with van der Waals surface area (Å²) >= 11 is 0. The molecular weight excluding hydrogens is 335 g/mol. The lowest BCUT2D eigenvalue weighted by Crippen LogP contribution is -2.24. The molecule has 0 fully saturated rings. The number of rotatable bonds is 3. The maximum absolute atomic E-state index is 14.2. The number of Topliss-reactive ketones (excluding diaryl/α,β-unsaturated/α-hetero) is 1. The van der Waals surface area contributed by atoms with Crippen molar-refractivity contribution in [2.75, 3.05) is 10.6 Å². The van der Waals surface area contributed by atoms with Crippen LogP contribution in [0.15, 0.2) is 30.3 Å². The van der Waals surface area contributed by atoms with E-state index in [0.29, 0.717) is 24.1 Å². The summed E-state index contributed by atoms with van der Waals surface area (Å²) in [6.07, 6.45) is 3.72. The Morgan fingerprint density at radius 2 is 1.77 bits per heavy atom. The van der Waals surface area contributed by atoms with Gasteiger partial charge in [0.15, 0.2) is 0 Å². The summed E-state index contributed by atoms with van der Waals surface area (Å²) in [6.45, 7) is 0. The van der Waals surface area contributed by atoms with Crippen molar-refractivity contribution in [3.05, 3.63) is 58.4 Å². The summed E-state index contributed by atoms with van der Waals surface area (Å²) in [5.41, 5.74) is 3.70. The molecule has 0 atom stereocenters. The van der Waals surface area contributed by atoms with Crippen molar-refractivity contribution >= 4 is 29.0 Å². The number of amides is 2. The number of carbonyl (C=O) groups excluding carboxylic acids is 3. The molecule has 0 bridgehead atoms. The van der Waals surface area contributed by atoms with E-state index in [2.05, 4.69) is 10.6 Å². The van der Waals surface area contributed by atoms with E-state index >= 15 is 0 Å². The number of carbonyl (C=O) groups is 3. The lowest BCUT2D eigenvalue weighted by atomic mass is 10.0. The van der Waals surface area contributed by atoms with Crippen LogP contribution in [0.4, 0.5) is 15.8 Å². The van der Waals surface area contributed by atoms with Crippen LogP contribution in [0.3, 0.4) is 0 Å². The maximum Gasteiger partial charge on any atom is 0.296 e. The summed E-state index contributed by atoms with van der Waals surface area (Å²) in [5, 5.41) is 4.96. The van der Waals surface area contributed by atoms with Crippen LogP contribution in [0, 0.1) is 5.82 Å². The zero-order valence-corrected chi connectivity index (χ0v) is 14.0. The molecule has 1 aliphatic heterocycles. The zero-order chi connectivity index (χ0) is 18.3. The van der Waals surface area contributed by atoms with Crippen LogP contribution in [0.2, 0.25) is 0 Å². The van der Waals surface area contributed by atoms with Gasteiger partial charge in [0, 0.05) is 17.7 Å². The number of benzene rings is 2. The molecule has 2 aromatic rings. The van der Waals surface area contributed by atoms with Gasteiger partial charge >= 0.3 is 0 Å². The lowest BCUT2D eigenvalue weighted by molar-refractivity contribution is -0.116. The second-order valence-electron chi connectivity index (χ2n) is 6.66. The van der Waals surface area contributed by atoms with Crippen LogP contribution in [0.25, 0.3) is 0 Å². The van der Waals surface area contributed by atoms with Crippen LogP contribution in [0.5, 0.6) is 0 Å². The Bertz CT molecular complexity index is 952. The van der Waals surface area contributed by atoms with Gasteiger partial charge < -0.3 is 10.6 Å². The third-order valence-corrected chi connectivity index (χ3v) is 4.90. The third kappa shape index (κ3) is 2.98. The Hall–Kier alpha value is -3.02. The van der Waals surface area contributed by atoms with Crippen molar-refractivity contribution in [1.29, 1.82) is 0 Å². The van der Waals surface area contributed by atoms with E-state index in [0.717, 1.165) is 30.4 Å². The van der Waals surface area contributed by atoms with Crippen LogP contribution in [-0.4, -0.2) is 17.6 Å². The normalized spacial score (nSPS) is 15.0. The number of nitrogens with one attached hydrogen (secondary N) is 2. The van der Waals surface area contributed by atoms with Gasteiger partial charge in [-0.3, -0.25) is 14.4 Å². The predicted octanol–water partition coefficient (Wildman–Crippen LogP) is 3.02. The molecule has 0 aromatic heterocycles. The Morgan fingerprint density at radius 3 is 2.62 bits per heavy atom. The number of hydrogen-bond donors (Lipinski definition) is 2. The Balaban J connectivity index is 1.54. The van der Waals surface area contributed by atoms with Crippen LogP contribution in [0.1, 0.15) is 39.9 Å². The smallest absolute Gasteiger partial charge is 0.296 e. The highest BCUT2D eigenvalue weighted by atomic mass is 19.1. The molecule has 1 aliphatic carbocycles. The minimum absolute atomic E-state index is 0.0561. The average Bonchev–Trinajstić information content (AvgIpc) is 3.09. The molecule has 26 heavy (non-hydrogen) atoms. The molecule has 2 N–H and O–H groups in total. The summed E-state index contributed by atoms with van der Waals surface area (Å²) in [5.74, 6) is -2.42. The van der Waals surface area contributed by atoms with Crippen LogP contribution >= 0.6 is 0 Å². The van der Waals surface area contributed by atoms with Crippen LogP contribution in [-0.2, 0) is 28.9 Å². The fourth-order valence-corrected chi connectivity index (χ4v) is 3.52. The van der Waals surface area contributed by atoms with Gasteiger partial charge in [-0.05, 0) is 60.6 Å². The summed E-state index contributed by atoms with van der Waals surface area (Å²) in [7, 11) is 0. The first-order chi connectivity index (χ1) is 12.5. The van der Waals surface area contributed by atoms with E-state index in [-0.39, 0.29) is 11.6 Å². The standard InChI is InChI=1S/C20H17FN2O3/c21-15-10-16-13(6-7-18(24)22-16)9-17(15)23-20(26)19(25)14-5-4-11-2-1-3-12(11)8-14/h4-5,8-10H,1-3,6-7H2,(H,22,24)(H,23,26). The van der Waals surface area contributed by atoms with E-state index in [1.807, 2.05) is 6.07 Å². The number of fused-ring (bicyclic) bond motifs is 2. The van der Waals surface area contributed by atoms with Crippen molar-refractivity contribution in [2.45, 2.75) is 32.1 Å². The highest BCUT2D eigenvalue weighted by molar-refractivity contribution is 6.46. The molecule has 0 radical (unpaired) electrons. The maximum atomic E-state index is 14.2. The molecule has 2 amide bonds. The van der Waals surface area contributed by atoms with Crippen molar-refractivity contribution in [1.82, 2.24) is 0 Å². The van der Waals surface area contributed by atoms with Crippen molar-refractivity contribution in [3.8, 4) is 0 Å². The van der Waals surface area contributed by atoms with E-state index < -0.39 is 17.5 Å². The molecule has 132 valence electrons. The molecule has 0 unspecified atom stereocenters. The van der Waals surface area contributed by atoms with Gasteiger partial charge in [0.1, 0.15) is 5.82 Å². The average molecular weight is 352 g/mol. The summed E-state index contributed by atoms with van der Waals surface area (Å²) in [6, 6.07) is 7.92. The largest absolute Gasteiger partial charge is 0.326 e. The van der Waals surface area contributed by atoms with Crippen molar-refractivity contribution in [2.24, 2.45) is 0 Å². The first-order valence-corrected chi connectivity index (χ1v) is 8.61. The second-order valence-corrected chi connectivity index (χ2v) is 6.66. The van der Waals surface area contributed by atoms with Gasteiger partial charge in [-0.1, -0.05) is 12.1 Å². The van der Waals surface area contributed by atoms with Gasteiger partial charge in [0.2, 0.25) is 5.91 Å². The number of hydrogen-bond acceptors (Lipinski definition) is 3. The van der Waals surface area contributed by atoms with Gasteiger partial charge in [0.25, 0.3) is 11.7 Å². The minimum Gasteiger partial charge on any atom is -0.326 e. The van der Waals surface area contributed by atoms with E-state index in [4.69, 9.17) is 0 Å².